The molecular weight excluding hydrogens is 321 g/mol. The number of furan rings is 1. The summed E-state index contributed by atoms with van der Waals surface area (Å²) in [5, 5.41) is 3.98. The lowest BCUT2D eigenvalue weighted by atomic mass is 10.1. The molecule has 0 amide bonds. The van der Waals surface area contributed by atoms with Gasteiger partial charge in [0.25, 0.3) is 0 Å². The van der Waals surface area contributed by atoms with Crippen molar-refractivity contribution >= 4 is 5.65 Å². The normalized spacial score (nSPS) is 12.0. The maximum atomic E-state index is 13.4. The minimum atomic E-state index is -4.57. The van der Waals surface area contributed by atoms with Crippen molar-refractivity contribution in [3.8, 4) is 22.7 Å². The fourth-order valence-electron chi connectivity index (χ4n) is 2.39. The van der Waals surface area contributed by atoms with Gasteiger partial charge in [-0.2, -0.15) is 18.3 Å². The maximum absolute atomic E-state index is 13.4. The second-order valence-electron chi connectivity index (χ2n) is 5.04. The van der Waals surface area contributed by atoms with E-state index in [1.54, 1.807) is 24.3 Å². The molecule has 5 nitrogen and oxygen atoms in total. The Morgan fingerprint density at radius 3 is 2.46 bits per heavy atom. The highest BCUT2D eigenvalue weighted by atomic mass is 19.4. The second-order valence-corrected chi connectivity index (χ2v) is 5.04. The number of rotatable bonds is 2. The van der Waals surface area contributed by atoms with Crippen LogP contribution in [0.2, 0.25) is 0 Å². The van der Waals surface area contributed by atoms with Gasteiger partial charge in [0.1, 0.15) is 5.69 Å². The lowest BCUT2D eigenvalue weighted by molar-refractivity contribution is -0.142. The van der Waals surface area contributed by atoms with E-state index in [-0.39, 0.29) is 17.0 Å². The van der Waals surface area contributed by atoms with Gasteiger partial charge < -0.3 is 4.42 Å². The van der Waals surface area contributed by atoms with Crippen LogP contribution in [-0.4, -0.2) is 19.6 Å². The highest BCUT2D eigenvalue weighted by Crippen LogP contribution is 2.33. The molecule has 0 aliphatic heterocycles. The molecule has 120 valence electrons. The second kappa shape index (κ2) is 5.19. The van der Waals surface area contributed by atoms with E-state index in [4.69, 9.17) is 4.42 Å². The molecule has 4 heterocycles. The number of pyridine rings is 1. The standard InChI is InChI=1S/C16H9F3N4O/c17-16(18,19)14-8-11(10-3-5-20-6-4-10)21-15-9-12(22-23(14)15)13-2-1-7-24-13/h1-9H. The zero-order valence-electron chi connectivity index (χ0n) is 12.0. The molecule has 24 heavy (non-hydrogen) atoms. The number of fused-ring (bicyclic) bond motifs is 1. The van der Waals surface area contributed by atoms with Gasteiger partial charge >= 0.3 is 6.18 Å². The fourth-order valence-corrected chi connectivity index (χ4v) is 2.39. The summed E-state index contributed by atoms with van der Waals surface area (Å²) in [6.07, 6.45) is -0.145. The van der Waals surface area contributed by atoms with E-state index in [0.717, 1.165) is 10.6 Å². The monoisotopic (exact) mass is 330 g/mol. The van der Waals surface area contributed by atoms with Crippen molar-refractivity contribution in [3.63, 3.8) is 0 Å². The van der Waals surface area contributed by atoms with Crippen LogP contribution < -0.4 is 0 Å². The number of alkyl halides is 3. The van der Waals surface area contributed by atoms with Crippen LogP contribution in [0.25, 0.3) is 28.4 Å². The molecule has 4 aromatic heterocycles. The van der Waals surface area contributed by atoms with E-state index in [0.29, 0.717) is 11.3 Å². The van der Waals surface area contributed by atoms with Crippen LogP contribution in [0.3, 0.4) is 0 Å². The Hall–Kier alpha value is -3.16. The molecule has 0 aromatic carbocycles. The van der Waals surface area contributed by atoms with Crippen molar-refractivity contribution in [1.29, 1.82) is 0 Å². The summed E-state index contributed by atoms with van der Waals surface area (Å²) in [4.78, 5) is 8.14. The van der Waals surface area contributed by atoms with Crippen molar-refractivity contribution in [2.45, 2.75) is 6.18 Å². The molecule has 4 rings (SSSR count). The zero-order chi connectivity index (χ0) is 16.7. The third-order valence-corrected chi connectivity index (χ3v) is 3.47. The molecule has 4 aromatic rings. The van der Waals surface area contributed by atoms with Crippen molar-refractivity contribution in [3.05, 3.63) is 60.7 Å². The smallest absolute Gasteiger partial charge is 0.433 e. The highest BCUT2D eigenvalue weighted by Gasteiger charge is 2.35. The fraction of sp³-hybridized carbons (Fsp3) is 0.0625. The molecule has 0 saturated heterocycles. The van der Waals surface area contributed by atoms with Gasteiger partial charge in [-0.05, 0) is 30.3 Å². The Balaban J connectivity index is 1.98. The first-order valence-corrected chi connectivity index (χ1v) is 6.95. The van der Waals surface area contributed by atoms with E-state index >= 15 is 0 Å². The highest BCUT2D eigenvalue weighted by molar-refractivity contribution is 5.65. The van der Waals surface area contributed by atoms with Gasteiger partial charge in [-0.25, -0.2) is 9.50 Å². The Morgan fingerprint density at radius 1 is 1.00 bits per heavy atom. The number of hydrogen-bond donors (Lipinski definition) is 0. The molecule has 8 heteroatoms. The number of aromatic nitrogens is 4. The molecule has 0 aliphatic carbocycles. The van der Waals surface area contributed by atoms with Gasteiger partial charge in [0.05, 0.1) is 12.0 Å². The van der Waals surface area contributed by atoms with Crippen LogP contribution in [0.15, 0.2) is 59.5 Å². The van der Waals surface area contributed by atoms with Crippen molar-refractivity contribution in [2.75, 3.05) is 0 Å². The van der Waals surface area contributed by atoms with Crippen molar-refractivity contribution in [1.82, 2.24) is 19.6 Å². The van der Waals surface area contributed by atoms with Gasteiger partial charge in [0.2, 0.25) is 0 Å². The summed E-state index contributed by atoms with van der Waals surface area (Å²) in [6.45, 7) is 0. The van der Waals surface area contributed by atoms with E-state index in [2.05, 4.69) is 15.1 Å². The Morgan fingerprint density at radius 2 is 1.79 bits per heavy atom. The number of nitrogens with zero attached hydrogens (tertiary/aromatic N) is 4. The molecule has 0 bridgehead atoms. The van der Waals surface area contributed by atoms with Gasteiger partial charge in [-0.15, -0.1) is 0 Å². The molecule has 0 N–H and O–H groups in total. The molecule has 0 aliphatic rings. The third kappa shape index (κ3) is 2.41. The zero-order valence-corrected chi connectivity index (χ0v) is 12.0. The van der Waals surface area contributed by atoms with Crippen LogP contribution in [0.4, 0.5) is 13.2 Å². The Kier molecular flexibility index (Phi) is 3.12. The largest absolute Gasteiger partial charge is 0.463 e. The van der Waals surface area contributed by atoms with Crippen LogP contribution in [0.5, 0.6) is 0 Å². The van der Waals surface area contributed by atoms with Crippen LogP contribution >= 0.6 is 0 Å². The molecular formula is C16H9F3N4O. The Labute approximate surface area is 133 Å². The first-order chi connectivity index (χ1) is 11.5. The van der Waals surface area contributed by atoms with E-state index < -0.39 is 11.9 Å². The molecule has 0 saturated carbocycles. The van der Waals surface area contributed by atoms with Gasteiger partial charge in [0.15, 0.2) is 17.1 Å². The topological polar surface area (TPSA) is 56.2 Å². The molecule has 0 radical (unpaired) electrons. The summed E-state index contributed by atoms with van der Waals surface area (Å²) >= 11 is 0. The summed E-state index contributed by atoms with van der Waals surface area (Å²) in [7, 11) is 0. The minimum Gasteiger partial charge on any atom is -0.463 e. The summed E-state index contributed by atoms with van der Waals surface area (Å²) in [6, 6.07) is 8.89. The van der Waals surface area contributed by atoms with Gasteiger partial charge in [-0.1, -0.05) is 0 Å². The quantitative estimate of drug-likeness (QED) is 0.556. The Bertz CT molecular complexity index is 992. The summed E-state index contributed by atoms with van der Waals surface area (Å²) < 4.78 is 46.3. The van der Waals surface area contributed by atoms with E-state index in [1.807, 2.05) is 0 Å². The minimum absolute atomic E-state index is 0.0861. The molecule has 0 atom stereocenters. The SMILES string of the molecule is FC(F)(F)c1cc(-c2ccncc2)nc2cc(-c3ccco3)nn12. The first-order valence-electron chi connectivity index (χ1n) is 6.95. The molecule has 0 spiro atoms. The number of hydrogen-bond acceptors (Lipinski definition) is 4. The van der Waals surface area contributed by atoms with Crippen LogP contribution in [-0.2, 0) is 6.18 Å². The van der Waals surface area contributed by atoms with Gasteiger partial charge in [-0.3, -0.25) is 4.98 Å². The lowest BCUT2D eigenvalue weighted by Gasteiger charge is -2.10. The van der Waals surface area contributed by atoms with Gasteiger partial charge in [0, 0.05) is 24.0 Å². The molecule has 0 unspecified atom stereocenters. The summed E-state index contributed by atoms with van der Waals surface area (Å²) in [5.74, 6) is 0.374. The van der Waals surface area contributed by atoms with E-state index in [9.17, 15) is 13.2 Å². The summed E-state index contributed by atoms with van der Waals surface area (Å²) in [5.41, 5.74) is 0.201. The van der Waals surface area contributed by atoms with E-state index in [1.165, 1.54) is 24.7 Å². The van der Waals surface area contributed by atoms with Crippen LogP contribution in [0, 0.1) is 0 Å². The molecule has 0 fully saturated rings. The number of halogens is 3. The predicted octanol–water partition coefficient (Wildman–Crippen LogP) is 4.07. The maximum Gasteiger partial charge on any atom is 0.433 e. The average molecular weight is 330 g/mol. The third-order valence-electron chi connectivity index (χ3n) is 3.47. The first kappa shape index (κ1) is 14.4. The van der Waals surface area contributed by atoms with Crippen LogP contribution in [0.1, 0.15) is 5.69 Å². The lowest BCUT2D eigenvalue weighted by Crippen LogP contribution is -2.13. The predicted molar refractivity (Wildman–Crippen MR) is 78.9 cm³/mol. The average Bonchev–Trinajstić information content (AvgIpc) is 3.22. The van der Waals surface area contributed by atoms with Crippen molar-refractivity contribution < 1.29 is 17.6 Å². The van der Waals surface area contributed by atoms with Crippen molar-refractivity contribution in [2.24, 2.45) is 0 Å².